The zero-order chi connectivity index (χ0) is 23.7. The van der Waals surface area contributed by atoms with E-state index in [-0.39, 0.29) is 18.4 Å². The van der Waals surface area contributed by atoms with Gasteiger partial charge in [0.15, 0.2) is 11.5 Å². The topological polar surface area (TPSA) is 59.1 Å². The standard InChI is InChI=1S/C27H32N2O4/c1-17-10-12-28(13-11-17)25-24(21-8-6-18(2)19(3)14-21)26(30)29(27(25)31)16-20-7-9-22(32-4)23(15-20)33-5/h6-9,14-15,17H,10-13,16H2,1-5H3. The molecule has 0 bridgehead atoms. The quantitative estimate of drug-likeness (QED) is 0.616. The second kappa shape index (κ2) is 9.30. The van der Waals surface area contributed by atoms with Crippen molar-refractivity contribution in [3.8, 4) is 11.5 Å². The molecule has 1 saturated heterocycles. The summed E-state index contributed by atoms with van der Waals surface area (Å²) in [5.74, 6) is 1.34. The van der Waals surface area contributed by atoms with Crippen molar-refractivity contribution in [2.75, 3.05) is 27.3 Å². The molecule has 4 rings (SSSR count). The summed E-state index contributed by atoms with van der Waals surface area (Å²) in [6.45, 7) is 8.07. The molecule has 0 aromatic heterocycles. The predicted molar refractivity (Wildman–Crippen MR) is 128 cm³/mol. The van der Waals surface area contributed by atoms with Crippen LogP contribution in [0, 0.1) is 19.8 Å². The predicted octanol–water partition coefficient (Wildman–Crippen LogP) is 4.33. The van der Waals surface area contributed by atoms with Gasteiger partial charge in [-0.1, -0.05) is 31.2 Å². The summed E-state index contributed by atoms with van der Waals surface area (Å²) in [6.07, 6.45) is 2.03. The molecule has 0 atom stereocenters. The van der Waals surface area contributed by atoms with Gasteiger partial charge in [-0.2, -0.15) is 0 Å². The molecule has 0 aliphatic carbocycles. The molecule has 2 aliphatic heterocycles. The smallest absolute Gasteiger partial charge is 0.278 e. The Morgan fingerprint density at radius 2 is 1.58 bits per heavy atom. The largest absolute Gasteiger partial charge is 0.493 e. The van der Waals surface area contributed by atoms with Crippen LogP contribution in [0.25, 0.3) is 5.57 Å². The maximum Gasteiger partial charge on any atom is 0.278 e. The first kappa shape index (κ1) is 22.9. The van der Waals surface area contributed by atoms with Gasteiger partial charge in [0.1, 0.15) is 5.70 Å². The number of carbonyl (C=O) groups is 2. The van der Waals surface area contributed by atoms with E-state index in [2.05, 4.69) is 11.8 Å². The van der Waals surface area contributed by atoms with E-state index in [1.807, 2.05) is 44.2 Å². The lowest BCUT2D eigenvalue weighted by Crippen LogP contribution is -2.38. The van der Waals surface area contributed by atoms with Gasteiger partial charge in [0.05, 0.1) is 26.3 Å². The lowest BCUT2D eigenvalue weighted by molar-refractivity contribution is -0.138. The number of nitrogens with zero attached hydrogens (tertiary/aromatic N) is 2. The van der Waals surface area contributed by atoms with Crippen LogP contribution in [0.4, 0.5) is 0 Å². The molecule has 0 N–H and O–H groups in total. The maximum atomic E-state index is 13.7. The molecule has 0 spiro atoms. The third kappa shape index (κ3) is 4.34. The summed E-state index contributed by atoms with van der Waals surface area (Å²) in [4.78, 5) is 30.8. The highest BCUT2D eigenvalue weighted by Gasteiger charge is 2.42. The molecule has 2 aromatic carbocycles. The first-order valence-electron chi connectivity index (χ1n) is 11.5. The summed E-state index contributed by atoms with van der Waals surface area (Å²) in [6, 6.07) is 11.5. The van der Waals surface area contributed by atoms with Crippen LogP contribution in [0.2, 0.25) is 0 Å². The Balaban J connectivity index is 1.72. The molecule has 6 heteroatoms. The van der Waals surface area contributed by atoms with E-state index in [0.29, 0.717) is 28.7 Å². The number of ether oxygens (including phenoxy) is 2. The number of carbonyl (C=O) groups excluding carboxylic acids is 2. The summed E-state index contributed by atoms with van der Waals surface area (Å²) < 4.78 is 10.7. The fraction of sp³-hybridized carbons (Fsp3) is 0.407. The number of hydrogen-bond donors (Lipinski definition) is 0. The van der Waals surface area contributed by atoms with Crippen molar-refractivity contribution in [3.05, 3.63) is 64.3 Å². The number of imide groups is 1. The second-order valence-electron chi connectivity index (χ2n) is 9.08. The normalized spacial score (nSPS) is 17.2. The first-order valence-corrected chi connectivity index (χ1v) is 11.5. The molecular formula is C27H32N2O4. The third-order valence-electron chi connectivity index (χ3n) is 6.83. The van der Waals surface area contributed by atoms with Crippen molar-refractivity contribution in [1.82, 2.24) is 9.80 Å². The Labute approximate surface area is 195 Å². The second-order valence-corrected chi connectivity index (χ2v) is 9.08. The molecule has 6 nitrogen and oxygen atoms in total. The fourth-order valence-electron chi connectivity index (χ4n) is 4.55. The van der Waals surface area contributed by atoms with Crippen LogP contribution in [0.3, 0.4) is 0 Å². The minimum atomic E-state index is -0.244. The average molecular weight is 449 g/mol. The molecule has 2 aromatic rings. The van der Waals surface area contributed by atoms with Crippen molar-refractivity contribution in [3.63, 3.8) is 0 Å². The van der Waals surface area contributed by atoms with Gasteiger partial charge in [-0.25, -0.2) is 0 Å². The average Bonchev–Trinajstić information content (AvgIpc) is 3.06. The number of likely N-dealkylation sites (tertiary alicyclic amines) is 1. The van der Waals surface area contributed by atoms with Gasteiger partial charge in [0.25, 0.3) is 11.8 Å². The molecule has 2 heterocycles. The molecule has 0 radical (unpaired) electrons. The molecule has 174 valence electrons. The highest BCUT2D eigenvalue weighted by molar-refractivity contribution is 6.35. The number of amides is 2. The monoisotopic (exact) mass is 448 g/mol. The number of aryl methyl sites for hydroxylation is 2. The SMILES string of the molecule is COc1ccc(CN2C(=O)C(c3ccc(C)c(C)c3)=C(N3CCC(C)CC3)C2=O)cc1OC. The fourth-order valence-corrected chi connectivity index (χ4v) is 4.55. The van der Waals surface area contributed by atoms with Crippen LogP contribution in [0.1, 0.15) is 42.0 Å². The summed E-state index contributed by atoms with van der Waals surface area (Å²) >= 11 is 0. The number of methoxy groups -OCH3 is 2. The van der Waals surface area contributed by atoms with Gasteiger partial charge in [-0.15, -0.1) is 0 Å². The van der Waals surface area contributed by atoms with Crippen LogP contribution in [-0.2, 0) is 16.1 Å². The molecular weight excluding hydrogens is 416 g/mol. The third-order valence-corrected chi connectivity index (χ3v) is 6.83. The van der Waals surface area contributed by atoms with Gasteiger partial charge in [-0.3, -0.25) is 14.5 Å². The van der Waals surface area contributed by atoms with Crippen molar-refractivity contribution in [2.45, 2.75) is 40.2 Å². The van der Waals surface area contributed by atoms with Crippen LogP contribution in [-0.4, -0.2) is 48.9 Å². The highest BCUT2D eigenvalue weighted by Crippen LogP contribution is 2.36. The van der Waals surface area contributed by atoms with Crippen LogP contribution in [0.15, 0.2) is 42.1 Å². The lowest BCUT2D eigenvalue weighted by Gasteiger charge is -2.32. The number of hydrogen-bond acceptors (Lipinski definition) is 5. The maximum absolute atomic E-state index is 13.7. The number of piperidine rings is 1. The lowest BCUT2D eigenvalue weighted by atomic mass is 9.96. The van der Waals surface area contributed by atoms with Gasteiger partial charge in [0.2, 0.25) is 0 Å². The van der Waals surface area contributed by atoms with Gasteiger partial charge in [-0.05, 0) is 67.0 Å². The van der Waals surface area contributed by atoms with Crippen LogP contribution in [0.5, 0.6) is 11.5 Å². The van der Waals surface area contributed by atoms with E-state index in [0.717, 1.165) is 48.2 Å². The summed E-state index contributed by atoms with van der Waals surface area (Å²) in [5, 5.41) is 0. The minimum Gasteiger partial charge on any atom is -0.493 e. The Morgan fingerprint density at radius 1 is 0.879 bits per heavy atom. The molecule has 33 heavy (non-hydrogen) atoms. The van der Waals surface area contributed by atoms with E-state index < -0.39 is 0 Å². The Bertz CT molecular complexity index is 1110. The van der Waals surface area contributed by atoms with Gasteiger partial charge >= 0.3 is 0 Å². The van der Waals surface area contributed by atoms with E-state index in [4.69, 9.17) is 9.47 Å². The molecule has 2 amide bonds. The molecule has 0 saturated carbocycles. The number of benzene rings is 2. The van der Waals surface area contributed by atoms with Crippen LogP contribution >= 0.6 is 0 Å². The Kier molecular flexibility index (Phi) is 6.45. The van der Waals surface area contributed by atoms with Crippen molar-refractivity contribution in [1.29, 1.82) is 0 Å². The zero-order valence-electron chi connectivity index (χ0n) is 20.1. The minimum absolute atomic E-state index is 0.181. The Hall–Kier alpha value is -3.28. The summed E-state index contributed by atoms with van der Waals surface area (Å²) in [5.41, 5.74) is 4.92. The Morgan fingerprint density at radius 3 is 2.21 bits per heavy atom. The van der Waals surface area contributed by atoms with Crippen molar-refractivity contribution in [2.24, 2.45) is 5.92 Å². The molecule has 2 aliphatic rings. The van der Waals surface area contributed by atoms with E-state index in [1.165, 1.54) is 4.90 Å². The van der Waals surface area contributed by atoms with Crippen LogP contribution < -0.4 is 9.47 Å². The molecule has 1 fully saturated rings. The van der Waals surface area contributed by atoms with E-state index >= 15 is 0 Å². The van der Waals surface area contributed by atoms with Gasteiger partial charge in [0, 0.05) is 13.1 Å². The van der Waals surface area contributed by atoms with E-state index in [9.17, 15) is 9.59 Å². The van der Waals surface area contributed by atoms with Crippen molar-refractivity contribution >= 4 is 17.4 Å². The van der Waals surface area contributed by atoms with Gasteiger partial charge < -0.3 is 14.4 Å². The zero-order valence-corrected chi connectivity index (χ0v) is 20.1. The summed E-state index contributed by atoms with van der Waals surface area (Å²) in [7, 11) is 3.15. The molecule has 0 unspecified atom stereocenters. The van der Waals surface area contributed by atoms with Crippen molar-refractivity contribution < 1.29 is 19.1 Å². The number of rotatable bonds is 6. The van der Waals surface area contributed by atoms with E-state index in [1.54, 1.807) is 20.3 Å². The first-order chi connectivity index (χ1) is 15.8. The highest BCUT2D eigenvalue weighted by atomic mass is 16.5.